The van der Waals surface area contributed by atoms with Gasteiger partial charge < -0.3 is 15.0 Å². The lowest BCUT2D eigenvalue weighted by Gasteiger charge is -2.42. The summed E-state index contributed by atoms with van der Waals surface area (Å²) >= 11 is 6.14. The van der Waals surface area contributed by atoms with Crippen LogP contribution in [0.2, 0.25) is 5.02 Å². The average molecular weight is 457 g/mol. The molecule has 2 aromatic rings. The number of nitrogens with one attached hydrogen (secondary N) is 1. The summed E-state index contributed by atoms with van der Waals surface area (Å²) < 4.78 is 5.84. The van der Waals surface area contributed by atoms with E-state index in [1.165, 1.54) is 6.33 Å². The predicted octanol–water partition coefficient (Wildman–Crippen LogP) is 4.04. The lowest BCUT2D eigenvalue weighted by Crippen LogP contribution is -2.48. The summed E-state index contributed by atoms with van der Waals surface area (Å²) in [6.07, 6.45) is 8.86. The SMILES string of the molecule is Cc1ncncc1C(=O)N1CCC2(CCCCCOc3ccc(Cl)cc3C(=O)NC2)CC1. The molecule has 0 aliphatic carbocycles. The second-order valence-corrected chi connectivity index (χ2v) is 9.23. The average Bonchev–Trinajstić information content (AvgIpc) is 2.80. The van der Waals surface area contributed by atoms with Crippen molar-refractivity contribution in [1.29, 1.82) is 0 Å². The Labute approximate surface area is 193 Å². The van der Waals surface area contributed by atoms with Gasteiger partial charge in [0.25, 0.3) is 11.8 Å². The molecule has 0 unspecified atom stereocenters. The van der Waals surface area contributed by atoms with Gasteiger partial charge in [0.05, 0.1) is 23.4 Å². The van der Waals surface area contributed by atoms with Crippen LogP contribution in [-0.2, 0) is 0 Å². The van der Waals surface area contributed by atoms with Crippen molar-refractivity contribution in [3.05, 3.63) is 52.6 Å². The molecule has 1 aromatic carbocycles. The van der Waals surface area contributed by atoms with Gasteiger partial charge in [-0.25, -0.2) is 9.97 Å². The van der Waals surface area contributed by atoms with E-state index in [1.54, 1.807) is 24.4 Å². The standard InChI is InChI=1S/C24H29ClN4O3/c1-17-20(14-26-16-28-17)23(31)29-10-8-24(9-11-29)7-3-2-4-12-32-21-6-5-18(25)13-19(21)22(30)27-15-24/h5-6,13-14,16H,2-4,7-12,15H2,1H3,(H,27,30). The van der Waals surface area contributed by atoms with Crippen LogP contribution in [0, 0.1) is 12.3 Å². The first-order valence-corrected chi connectivity index (χ1v) is 11.6. The van der Waals surface area contributed by atoms with Crippen LogP contribution in [0.3, 0.4) is 0 Å². The van der Waals surface area contributed by atoms with Gasteiger partial charge in [-0.05, 0) is 56.2 Å². The highest BCUT2D eigenvalue weighted by Gasteiger charge is 2.36. The summed E-state index contributed by atoms with van der Waals surface area (Å²) in [5, 5.41) is 3.64. The molecular formula is C24H29ClN4O3. The zero-order valence-electron chi connectivity index (χ0n) is 18.4. The second-order valence-electron chi connectivity index (χ2n) is 8.80. The van der Waals surface area contributed by atoms with Crippen LogP contribution in [0.15, 0.2) is 30.7 Å². The Morgan fingerprint density at radius 3 is 2.78 bits per heavy atom. The summed E-state index contributed by atoms with van der Waals surface area (Å²) in [5.74, 6) is 0.385. The predicted molar refractivity (Wildman–Crippen MR) is 122 cm³/mol. The van der Waals surface area contributed by atoms with Crippen molar-refractivity contribution in [1.82, 2.24) is 20.2 Å². The van der Waals surface area contributed by atoms with E-state index >= 15 is 0 Å². The first kappa shape index (κ1) is 22.5. The fourth-order valence-corrected chi connectivity index (χ4v) is 4.77. The Kier molecular flexibility index (Phi) is 6.94. The number of hydrogen-bond donors (Lipinski definition) is 1. The lowest BCUT2D eigenvalue weighted by atomic mass is 9.74. The number of ether oxygens (including phenoxy) is 1. The van der Waals surface area contributed by atoms with Crippen molar-refractivity contribution < 1.29 is 14.3 Å². The normalized spacial score (nSPS) is 19.2. The molecule has 0 atom stereocenters. The number of rotatable bonds is 1. The Morgan fingerprint density at radius 1 is 1.19 bits per heavy atom. The van der Waals surface area contributed by atoms with Gasteiger partial charge in [0, 0.05) is 30.9 Å². The van der Waals surface area contributed by atoms with Crippen molar-refractivity contribution >= 4 is 23.4 Å². The van der Waals surface area contributed by atoms with Gasteiger partial charge >= 0.3 is 0 Å². The van der Waals surface area contributed by atoms with Crippen molar-refractivity contribution in [3.63, 3.8) is 0 Å². The number of halogens is 1. The highest BCUT2D eigenvalue weighted by molar-refractivity contribution is 6.31. The van der Waals surface area contributed by atoms with E-state index in [0.717, 1.165) is 38.5 Å². The Morgan fingerprint density at radius 2 is 2.00 bits per heavy atom. The summed E-state index contributed by atoms with van der Waals surface area (Å²) in [6, 6.07) is 5.17. The maximum atomic E-state index is 13.0. The number of benzene rings is 1. The van der Waals surface area contributed by atoms with Crippen molar-refractivity contribution in [2.24, 2.45) is 5.41 Å². The Balaban J connectivity index is 1.47. The first-order chi connectivity index (χ1) is 15.5. The van der Waals surface area contributed by atoms with Crippen LogP contribution in [0.25, 0.3) is 0 Å². The molecule has 2 aliphatic rings. The van der Waals surface area contributed by atoms with Crippen molar-refractivity contribution in [3.8, 4) is 5.75 Å². The summed E-state index contributed by atoms with van der Waals surface area (Å²) in [4.78, 5) is 36.0. The van der Waals surface area contributed by atoms with Gasteiger partial charge in [-0.15, -0.1) is 0 Å². The summed E-state index contributed by atoms with van der Waals surface area (Å²) in [5.41, 5.74) is 1.71. The Bertz CT molecular complexity index is 989. The number of hydrogen-bond acceptors (Lipinski definition) is 5. The van der Waals surface area contributed by atoms with E-state index in [0.29, 0.717) is 53.8 Å². The molecule has 1 spiro atoms. The van der Waals surface area contributed by atoms with E-state index in [4.69, 9.17) is 16.3 Å². The second kappa shape index (κ2) is 9.86. The summed E-state index contributed by atoms with van der Waals surface area (Å²) in [6.45, 7) is 4.31. The third-order valence-corrected chi connectivity index (χ3v) is 6.91. The van der Waals surface area contributed by atoms with Gasteiger partial charge in [-0.1, -0.05) is 24.4 Å². The number of piperidine rings is 1. The number of carbonyl (C=O) groups is 2. The molecule has 1 N–H and O–H groups in total. The molecule has 0 bridgehead atoms. The van der Waals surface area contributed by atoms with Crippen LogP contribution in [0.5, 0.6) is 5.75 Å². The maximum Gasteiger partial charge on any atom is 0.257 e. The minimum absolute atomic E-state index is 0.0177. The van der Waals surface area contributed by atoms with Crippen LogP contribution in [0.4, 0.5) is 0 Å². The lowest BCUT2D eigenvalue weighted by molar-refractivity contribution is 0.0532. The molecular weight excluding hydrogens is 428 g/mol. The van der Waals surface area contributed by atoms with Gasteiger partial charge in [0.15, 0.2) is 0 Å². The molecule has 7 nitrogen and oxygen atoms in total. The molecule has 2 aliphatic heterocycles. The number of aryl methyl sites for hydroxylation is 1. The number of nitrogens with zero attached hydrogens (tertiary/aromatic N) is 3. The fraction of sp³-hybridized carbons (Fsp3) is 0.500. The highest BCUT2D eigenvalue weighted by Crippen LogP contribution is 2.37. The Hall–Kier alpha value is -2.67. The van der Waals surface area contributed by atoms with Crippen LogP contribution in [-0.4, -0.2) is 52.9 Å². The third kappa shape index (κ3) is 5.04. The van der Waals surface area contributed by atoms with Crippen LogP contribution < -0.4 is 10.1 Å². The van der Waals surface area contributed by atoms with Gasteiger partial charge in [0.2, 0.25) is 0 Å². The third-order valence-electron chi connectivity index (χ3n) is 6.67. The molecule has 0 saturated carbocycles. The zero-order chi connectivity index (χ0) is 22.6. The number of amides is 2. The molecule has 1 fully saturated rings. The first-order valence-electron chi connectivity index (χ1n) is 11.2. The largest absolute Gasteiger partial charge is 0.493 e. The quantitative estimate of drug-likeness (QED) is 0.699. The van der Waals surface area contributed by atoms with Crippen LogP contribution in [0.1, 0.15) is 64.9 Å². The molecule has 1 saturated heterocycles. The molecule has 4 rings (SSSR count). The molecule has 8 heteroatoms. The van der Waals surface area contributed by atoms with E-state index in [2.05, 4.69) is 15.3 Å². The van der Waals surface area contributed by atoms with Gasteiger partial charge in [0.1, 0.15) is 12.1 Å². The number of fused-ring (bicyclic) bond motifs is 1. The fourth-order valence-electron chi connectivity index (χ4n) is 4.60. The van der Waals surface area contributed by atoms with E-state index in [1.807, 2.05) is 11.8 Å². The minimum Gasteiger partial charge on any atom is -0.493 e. The number of aromatic nitrogens is 2. The molecule has 170 valence electrons. The number of likely N-dealkylation sites (tertiary alicyclic amines) is 1. The number of carbonyl (C=O) groups excluding carboxylic acids is 2. The molecule has 1 aromatic heterocycles. The van der Waals surface area contributed by atoms with Crippen molar-refractivity contribution in [2.45, 2.75) is 45.4 Å². The molecule has 2 amide bonds. The van der Waals surface area contributed by atoms with E-state index < -0.39 is 0 Å². The monoisotopic (exact) mass is 456 g/mol. The van der Waals surface area contributed by atoms with E-state index in [-0.39, 0.29) is 17.2 Å². The van der Waals surface area contributed by atoms with Crippen molar-refractivity contribution in [2.75, 3.05) is 26.2 Å². The topological polar surface area (TPSA) is 84.4 Å². The highest BCUT2D eigenvalue weighted by atomic mass is 35.5. The molecule has 3 heterocycles. The minimum atomic E-state index is -0.169. The van der Waals surface area contributed by atoms with Crippen LogP contribution >= 0.6 is 11.6 Å². The van der Waals surface area contributed by atoms with E-state index in [9.17, 15) is 9.59 Å². The van der Waals surface area contributed by atoms with Gasteiger partial charge in [-0.3, -0.25) is 9.59 Å². The smallest absolute Gasteiger partial charge is 0.257 e. The maximum absolute atomic E-state index is 13.0. The molecule has 0 radical (unpaired) electrons. The van der Waals surface area contributed by atoms with Gasteiger partial charge in [-0.2, -0.15) is 0 Å². The summed E-state index contributed by atoms with van der Waals surface area (Å²) in [7, 11) is 0. The zero-order valence-corrected chi connectivity index (χ0v) is 19.2. The molecule has 32 heavy (non-hydrogen) atoms.